The minimum atomic E-state index is -0.216. The third-order valence-electron chi connectivity index (χ3n) is 4.00. The maximum Gasteiger partial charge on any atom is 0.317 e. The summed E-state index contributed by atoms with van der Waals surface area (Å²) in [4.78, 5) is 14.2. The number of hydrogen-bond acceptors (Lipinski definition) is 1. The first kappa shape index (κ1) is 14.8. The van der Waals surface area contributed by atoms with E-state index in [0.29, 0.717) is 0 Å². The van der Waals surface area contributed by atoms with Gasteiger partial charge in [0.25, 0.3) is 0 Å². The zero-order valence-electron chi connectivity index (χ0n) is 12.2. The zero-order valence-corrected chi connectivity index (χ0v) is 12.2. The van der Waals surface area contributed by atoms with Crippen molar-refractivity contribution in [2.45, 2.75) is 51.6 Å². The Hall–Kier alpha value is -1.58. The van der Waals surface area contributed by atoms with E-state index in [0.717, 1.165) is 37.8 Å². The molecule has 1 aliphatic heterocycles. The van der Waals surface area contributed by atoms with Crippen molar-refractivity contribution in [2.75, 3.05) is 6.54 Å². The number of nitrogens with zero attached hydrogens (tertiary/aromatic N) is 1. The second-order valence-electron chi connectivity index (χ2n) is 5.58. The first-order valence-corrected chi connectivity index (χ1v) is 7.41. The second-order valence-corrected chi connectivity index (χ2v) is 5.58. The minimum Gasteiger partial charge on any atom is -0.336 e. The van der Waals surface area contributed by atoms with Crippen LogP contribution in [0.1, 0.15) is 38.7 Å². The van der Waals surface area contributed by atoms with Gasteiger partial charge in [0.15, 0.2) is 0 Å². The molecule has 1 aromatic rings. The fraction of sp³-hybridized carbons (Fsp3) is 0.562. The van der Waals surface area contributed by atoms with E-state index in [1.807, 2.05) is 11.8 Å². The van der Waals surface area contributed by atoms with Crippen LogP contribution in [0.2, 0.25) is 0 Å². The summed E-state index contributed by atoms with van der Waals surface area (Å²) in [6, 6.07) is 7.03. The molecule has 1 N–H and O–H groups in total. The molecular weight excluding hydrogens is 255 g/mol. The Balaban J connectivity index is 1.96. The molecule has 4 heteroatoms. The van der Waals surface area contributed by atoms with Crippen LogP contribution in [0.4, 0.5) is 9.18 Å². The Morgan fingerprint density at radius 3 is 2.80 bits per heavy atom. The number of nitrogens with one attached hydrogen (secondary N) is 1. The van der Waals surface area contributed by atoms with Crippen LogP contribution in [0.3, 0.4) is 0 Å². The highest BCUT2D eigenvalue weighted by Crippen LogP contribution is 2.21. The molecule has 2 rings (SSSR count). The van der Waals surface area contributed by atoms with Gasteiger partial charge >= 0.3 is 6.03 Å². The van der Waals surface area contributed by atoms with Crippen molar-refractivity contribution in [2.24, 2.45) is 0 Å². The Morgan fingerprint density at radius 2 is 2.15 bits per heavy atom. The highest BCUT2D eigenvalue weighted by Gasteiger charge is 2.29. The monoisotopic (exact) mass is 278 g/mol. The highest BCUT2D eigenvalue weighted by molar-refractivity contribution is 5.75. The van der Waals surface area contributed by atoms with Crippen LogP contribution in [-0.4, -0.2) is 29.6 Å². The van der Waals surface area contributed by atoms with E-state index >= 15 is 0 Å². The Bertz CT molecular complexity index is 446. The van der Waals surface area contributed by atoms with Crippen molar-refractivity contribution in [1.82, 2.24) is 10.2 Å². The van der Waals surface area contributed by atoms with E-state index in [2.05, 4.69) is 12.2 Å². The van der Waals surface area contributed by atoms with Crippen LogP contribution >= 0.6 is 0 Å². The number of urea groups is 1. The van der Waals surface area contributed by atoms with E-state index in [4.69, 9.17) is 0 Å². The summed E-state index contributed by atoms with van der Waals surface area (Å²) in [7, 11) is 0. The lowest BCUT2D eigenvalue weighted by molar-refractivity contribution is 0.188. The smallest absolute Gasteiger partial charge is 0.317 e. The number of halogens is 1. The molecule has 0 radical (unpaired) electrons. The summed E-state index contributed by atoms with van der Waals surface area (Å²) in [6.45, 7) is 4.89. The molecule has 20 heavy (non-hydrogen) atoms. The normalized spacial score (nSPS) is 19.9. The van der Waals surface area contributed by atoms with Crippen molar-refractivity contribution in [1.29, 1.82) is 0 Å². The molecule has 2 unspecified atom stereocenters. The van der Waals surface area contributed by atoms with Crippen LogP contribution in [0.5, 0.6) is 0 Å². The lowest BCUT2D eigenvalue weighted by Crippen LogP contribution is -2.46. The van der Waals surface area contributed by atoms with Gasteiger partial charge in [0.05, 0.1) is 0 Å². The molecule has 1 aliphatic rings. The van der Waals surface area contributed by atoms with E-state index in [1.54, 1.807) is 12.1 Å². The maximum absolute atomic E-state index is 12.9. The van der Waals surface area contributed by atoms with Gasteiger partial charge in [0.2, 0.25) is 0 Å². The van der Waals surface area contributed by atoms with E-state index in [1.165, 1.54) is 12.1 Å². The van der Waals surface area contributed by atoms with Crippen LogP contribution in [0.25, 0.3) is 0 Å². The fourth-order valence-corrected chi connectivity index (χ4v) is 2.60. The van der Waals surface area contributed by atoms with Gasteiger partial charge in [-0.3, -0.25) is 0 Å². The second kappa shape index (κ2) is 6.73. The first-order chi connectivity index (χ1) is 9.60. The first-order valence-electron chi connectivity index (χ1n) is 7.41. The molecule has 110 valence electrons. The predicted molar refractivity (Wildman–Crippen MR) is 78.1 cm³/mol. The number of carbonyl (C=O) groups excluding carboxylic acids is 1. The summed E-state index contributed by atoms with van der Waals surface area (Å²) in [6.07, 6.45) is 3.79. The minimum absolute atomic E-state index is 0.0314. The van der Waals surface area contributed by atoms with E-state index in [-0.39, 0.29) is 23.9 Å². The molecule has 0 aromatic heterocycles. The van der Waals surface area contributed by atoms with E-state index < -0.39 is 0 Å². The molecule has 0 bridgehead atoms. The topological polar surface area (TPSA) is 32.3 Å². The van der Waals surface area contributed by atoms with Gasteiger partial charge < -0.3 is 10.2 Å². The Kier molecular flexibility index (Phi) is 4.99. The van der Waals surface area contributed by atoms with Gasteiger partial charge in [-0.25, -0.2) is 9.18 Å². The number of rotatable bonds is 4. The number of amides is 2. The average molecular weight is 278 g/mol. The molecule has 1 fully saturated rings. The Morgan fingerprint density at radius 1 is 1.45 bits per heavy atom. The molecule has 1 aromatic carbocycles. The molecule has 1 saturated heterocycles. The average Bonchev–Trinajstić information content (AvgIpc) is 2.89. The molecule has 0 spiro atoms. The van der Waals surface area contributed by atoms with Crippen molar-refractivity contribution in [3.63, 3.8) is 0 Å². The lowest BCUT2D eigenvalue weighted by atomic mass is 10.0. The fourth-order valence-electron chi connectivity index (χ4n) is 2.60. The Labute approximate surface area is 120 Å². The lowest BCUT2D eigenvalue weighted by Gasteiger charge is -2.26. The predicted octanol–water partition coefficient (Wildman–Crippen LogP) is 3.34. The molecule has 2 atom stereocenters. The molecule has 0 saturated carbocycles. The van der Waals surface area contributed by atoms with Crippen molar-refractivity contribution >= 4 is 6.03 Å². The van der Waals surface area contributed by atoms with Crippen molar-refractivity contribution in [3.8, 4) is 0 Å². The summed E-state index contributed by atoms with van der Waals surface area (Å²) in [5.74, 6) is -0.216. The quantitative estimate of drug-likeness (QED) is 0.900. The van der Waals surface area contributed by atoms with Gasteiger partial charge in [-0.1, -0.05) is 19.1 Å². The van der Waals surface area contributed by atoms with Crippen LogP contribution in [0, 0.1) is 5.82 Å². The molecule has 0 aliphatic carbocycles. The van der Waals surface area contributed by atoms with Gasteiger partial charge in [-0.2, -0.15) is 0 Å². The molecule has 3 nitrogen and oxygen atoms in total. The summed E-state index contributed by atoms with van der Waals surface area (Å²) in [5.41, 5.74) is 1.08. The van der Waals surface area contributed by atoms with E-state index in [9.17, 15) is 9.18 Å². The summed E-state index contributed by atoms with van der Waals surface area (Å²) < 4.78 is 12.9. The number of benzene rings is 1. The van der Waals surface area contributed by atoms with Crippen molar-refractivity contribution < 1.29 is 9.18 Å². The summed E-state index contributed by atoms with van der Waals surface area (Å²) in [5, 5.41) is 3.02. The van der Waals surface area contributed by atoms with Crippen LogP contribution in [0.15, 0.2) is 24.3 Å². The number of hydrogen-bond donors (Lipinski definition) is 1. The van der Waals surface area contributed by atoms with Crippen LogP contribution in [-0.2, 0) is 6.42 Å². The molecule has 1 heterocycles. The molecule has 2 amide bonds. The number of likely N-dealkylation sites (tertiary alicyclic amines) is 1. The van der Waals surface area contributed by atoms with Gasteiger partial charge in [-0.05, 0) is 50.3 Å². The summed E-state index contributed by atoms with van der Waals surface area (Å²) >= 11 is 0. The van der Waals surface area contributed by atoms with Gasteiger partial charge in [0.1, 0.15) is 5.82 Å². The highest BCUT2D eigenvalue weighted by atomic mass is 19.1. The van der Waals surface area contributed by atoms with Crippen LogP contribution < -0.4 is 5.32 Å². The maximum atomic E-state index is 12.9. The molecular formula is C16H23FN2O. The number of carbonyl (C=O) groups is 1. The van der Waals surface area contributed by atoms with Crippen molar-refractivity contribution in [3.05, 3.63) is 35.6 Å². The SMILES string of the molecule is CCC(C)NC(=O)N1CCCC1Cc1ccc(F)cc1. The van der Waals surface area contributed by atoms with Gasteiger partial charge in [0, 0.05) is 18.6 Å². The third kappa shape index (κ3) is 3.71. The zero-order chi connectivity index (χ0) is 14.5. The standard InChI is InChI=1S/C16H23FN2O/c1-3-12(2)18-16(20)19-10-4-5-15(19)11-13-6-8-14(17)9-7-13/h6-9,12,15H,3-5,10-11H2,1-2H3,(H,18,20). The third-order valence-corrected chi connectivity index (χ3v) is 4.00. The largest absolute Gasteiger partial charge is 0.336 e. The van der Waals surface area contributed by atoms with Gasteiger partial charge in [-0.15, -0.1) is 0 Å².